The molecule has 1 saturated carbocycles. The minimum Gasteiger partial charge on any atom is -0.468 e. The normalized spacial score (nSPS) is 19.8. The maximum absolute atomic E-state index is 11.9. The molecule has 0 aromatic heterocycles. The molecule has 0 bridgehead atoms. The van der Waals surface area contributed by atoms with Crippen molar-refractivity contribution in [2.45, 2.75) is 31.0 Å². The molecule has 2 N–H and O–H groups in total. The highest BCUT2D eigenvalue weighted by Crippen LogP contribution is 2.39. The van der Waals surface area contributed by atoms with Crippen molar-refractivity contribution in [1.29, 1.82) is 0 Å². The Morgan fingerprint density at radius 2 is 2.00 bits per heavy atom. The molecule has 1 rings (SSSR count). The fraction of sp³-hybridized carbons (Fsp3) is 0.900. The van der Waals surface area contributed by atoms with Crippen LogP contribution in [0, 0.1) is 5.92 Å². The predicted molar refractivity (Wildman–Crippen MR) is 53.1 cm³/mol. The average Bonchev–Trinajstić information content (AvgIpc) is 3.05. The van der Waals surface area contributed by atoms with Crippen molar-refractivity contribution in [2.75, 3.05) is 20.3 Å². The molecular formula is C10H16F3NO3. The molecule has 0 amide bonds. The number of nitrogens with two attached hydrogens (primary N) is 1. The minimum absolute atomic E-state index is 0.0548. The quantitative estimate of drug-likeness (QED) is 0.573. The number of hydrogen-bond acceptors (Lipinski definition) is 4. The summed E-state index contributed by atoms with van der Waals surface area (Å²) in [5, 5.41) is 0. The molecule has 0 radical (unpaired) electrons. The summed E-state index contributed by atoms with van der Waals surface area (Å²) in [7, 11) is 1.20. The third kappa shape index (κ3) is 4.16. The number of carbonyl (C=O) groups is 1. The Bertz CT molecular complexity index is 278. The van der Waals surface area contributed by atoms with Crippen LogP contribution in [-0.4, -0.2) is 38.0 Å². The molecule has 0 aliphatic heterocycles. The molecule has 100 valence electrons. The van der Waals surface area contributed by atoms with Crippen LogP contribution in [0.15, 0.2) is 0 Å². The van der Waals surface area contributed by atoms with Gasteiger partial charge in [0.1, 0.15) is 5.54 Å². The van der Waals surface area contributed by atoms with Gasteiger partial charge < -0.3 is 15.2 Å². The van der Waals surface area contributed by atoms with Crippen LogP contribution < -0.4 is 5.73 Å². The third-order valence-electron chi connectivity index (χ3n) is 2.74. The van der Waals surface area contributed by atoms with Gasteiger partial charge in [0.25, 0.3) is 0 Å². The van der Waals surface area contributed by atoms with E-state index in [1.807, 2.05) is 0 Å². The number of carbonyl (C=O) groups excluding carboxylic acids is 1. The molecule has 0 aromatic carbocycles. The zero-order chi connectivity index (χ0) is 13.1. The van der Waals surface area contributed by atoms with Crippen molar-refractivity contribution in [3.8, 4) is 0 Å². The zero-order valence-electron chi connectivity index (χ0n) is 9.55. The Morgan fingerprint density at radius 3 is 2.41 bits per heavy atom. The molecule has 7 heteroatoms. The van der Waals surface area contributed by atoms with E-state index in [0.29, 0.717) is 0 Å². The lowest BCUT2D eigenvalue weighted by molar-refractivity contribution is -0.155. The fourth-order valence-corrected chi connectivity index (χ4v) is 1.56. The Hall–Kier alpha value is -0.820. The molecule has 0 aromatic rings. The molecule has 1 aliphatic rings. The van der Waals surface area contributed by atoms with Gasteiger partial charge in [-0.1, -0.05) is 0 Å². The van der Waals surface area contributed by atoms with Crippen LogP contribution in [-0.2, 0) is 14.3 Å². The lowest BCUT2D eigenvalue weighted by atomic mass is 9.96. The summed E-state index contributed by atoms with van der Waals surface area (Å²) >= 11 is 0. The largest absolute Gasteiger partial charge is 0.468 e. The number of rotatable bonds is 6. The highest BCUT2D eigenvalue weighted by molar-refractivity contribution is 5.81. The molecule has 0 heterocycles. The van der Waals surface area contributed by atoms with E-state index in [9.17, 15) is 18.0 Å². The van der Waals surface area contributed by atoms with Crippen LogP contribution in [0.4, 0.5) is 13.2 Å². The maximum Gasteiger partial charge on any atom is 0.391 e. The lowest BCUT2D eigenvalue weighted by Crippen LogP contribution is -2.54. The van der Waals surface area contributed by atoms with E-state index < -0.39 is 30.7 Å². The van der Waals surface area contributed by atoms with Crippen LogP contribution in [0.3, 0.4) is 0 Å². The van der Waals surface area contributed by atoms with Gasteiger partial charge in [-0.25, -0.2) is 4.79 Å². The summed E-state index contributed by atoms with van der Waals surface area (Å²) in [4.78, 5) is 11.5. The van der Waals surface area contributed by atoms with E-state index in [4.69, 9.17) is 10.5 Å². The van der Waals surface area contributed by atoms with Crippen LogP contribution in [0.2, 0.25) is 0 Å². The van der Waals surface area contributed by atoms with Gasteiger partial charge in [0, 0.05) is 0 Å². The van der Waals surface area contributed by atoms with Crippen molar-refractivity contribution in [2.24, 2.45) is 11.7 Å². The first-order chi connectivity index (χ1) is 7.79. The van der Waals surface area contributed by atoms with Crippen molar-refractivity contribution in [1.82, 2.24) is 0 Å². The third-order valence-corrected chi connectivity index (χ3v) is 2.74. The maximum atomic E-state index is 11.9. The smallest absolute Gasteiger partial charge is 0.391 e. The van der Waals surface area contributed by atoms with Gasteiger partial charge in [0.2, 0.25) is 0 Å². The highest BCUT2D eigenvalue weighted by atomic mass is 19.4. The van der Waals surface area contributed by atoms with Gasteiger partial charge in [-0.3, -0.25) is 0 Å². The number of alkyl halides is 3. The van der Waals surface area contributed by atoms with Crippen molar-refractivity contribution >= 4 is 5.97 Å². The number of esters is 1. The second-order valence-corrected chi connectivity index (χ2v) is 4.22. The summed E-state index contributed by atoms with van der Waals surface area (Å²) in [6.07, 6.45) is -3.76. The van der Waals surface area contributed by atoms with E-state index in [-0.39, 0.29) is 12.5 Å². The van der Waals surface area contributed by atoms with Gasteiger partial charge in [-0.15, -0.1) is 0 Å². The van der Waals surface area contributed by atoms with E-state index in [0.717, 1.165) is 12.8 Å². The Balaban J connectivity index is 2.38. The SMILES string of the molecule is COC(=O)C(N)(COCCC(F)(F)F)C1CC1. The Kier molecular flexibility index (Phi) is 4.37. The van der Waals surface area contributed by atoms with E-state index in [1.165, 1.54) is 7.11 Å². The van der Waals surface area contributed by atoms with Crippen LogP contribution >= 0.6 is 0 Å². The molecule has 4 nitrogen and oxygen atoms in total. The standard InChI is InChI=1S/C10H16F3NO3/c1-16-8(15)9(14,7-2-3-7)6-17-5-4-10(11,12)13/h7H,2-6,14H2,1H3. The molecule has 1 aliphatic carbocycles. The zero-order valence-corrected chi connectivity index (χ0v) is 9.55. The Morgan fingerprint density at radius 1 is 1.41 bits per heavy atom. The summed E-state index contributed by atoms with van der Waals surface area (Å²) < 4.78 is 45.0. The molecule has 0 saturated heterocycles. The minimum atomic E-state index is -4.26. The van der Waals surface area contributed by atoms with E-state index in [2.05, 4.69) is 4.74 Å². The molecule has 1 atom stereocenters. The van der Waals surface area contributed by atoms with Crippen LogP contribution in [0.1, 0.15) is 19.3 Å². The van der Waals surface area contributed by atoms with E-state index in [1.54, 1.807) is 0 Å². The monoisotopic (exact) mass is 255 g/mol. The molecule has 17 heavy (non-hydrogen) atoms. The second kappa shape index (κ2) is 5.22. The van der Waals surface area contributed by atoms with Gasteiger partial charge in [-0.05, 0) is 18.8 Å². The molecular weight excluding hydrogens is 239 g/mol. The van der Waals surface area contributed by atoms with Gasteiger partial charge in [0.05, 0.1) is 26.7 Å². The first-order valence-electron chi connectivity index (χ1n) is 5.31. The van der Waals surface area contributed by atoms with E-state index >= 15 is 0 Å². The van der Waals surface area contributed by atoms with Crippen molar-refractivity contribution < 1.29 is 27.4 Å². The number of halogens is 3. The van der Waals surface area contributed by atoms with Crippen molar-refractivity contribution in [3.63, 3.8) is 0 Å². The van der Waals surface area contributed by atoms with Crippen LogP contribution in [0.25, 0.3) is 0 Å². The second-order valence-electron chi connectivity index (χ2n) is 4.22. The van der Waals surface area contributed by atoms with Gasteiger partial charge in [0.15, 0.2) is 0 Å². The molecule has 0 spiro atoms. The summed E-state index contributed by atoms with van der Waals surface area (Å²) in [6.45, 7) is -0.730. The van der Waals surface area contributed by atoms with Gasteiger partial charge in [-0.2, -0.15) is 13.2 Å². The summed E-state index contributed by atoms with van der Waals surface area (Å²) in [6, 6.07) is 0. The predicted octanol–water partition coefficient (Wildman–Crippen LogP) is 1.24. The summed E-state index contributed by atoms with van der Waals surface area (Å²) in [5.41, 5.74) is 4.52. The highest BCUT2D eigenvalue weighted by Gasteiger charge is 2.49. The van der Waals surface area contributed by atoms with Gasteiger partial charge >= 0.3 is 12.1 Å². The fourth-order valence-electron chi connectivity index (χ4n) is 1.56. The summed E-state index contributed by atoms with van der Waals surface area (Å²) in [5.74, 6) is -0.687. The first kappa shape index (κ1) is 14.2. The average molecular weight is 255 g/mol. The Labute approximate surface area is 97.2 Å². The number of methoxy groups -OCH3 is 1. The molecule has 1 fully saturated rings. The van der Waals surface area contributed by atoms with Crippen molar-refractivity contribution in [3.05, 3.63) is 0 Å². The first-order valence-corrected chi connectivity index (χ1v) is 5.31. The number of hydrogen-bond donors (Lipinski definition) is 1. The lowest BCUT2D eigenvalue weighted by Gasteiger charge is -2.26. The molecule has 1 unspecified atom stereocenters. The van der Waals surface area contributed by atoms with Crippen LogP contribution in [0.5, 0.6) is 0 Å². The topological polar surface area (TPSA) is 61.5 Å². The number of ether oxygens (including phenoxy) is 2.